The average Bonchev–Trinajstić information content (AvgIpc) is 3.23. The summed E-state index contributed by atoms with van der Waals surface area (Å²) in [5, 5.41) is 1.06. The van der Waals surface area contributed by atoms with Gasteiger partial charge in [-0.25, -0.2) is 4.98 Å². The minimum atomic E-state index is -0.0966. The van der Waals surface area contributed by atoms with Gasteiger partial charge in [-0.3, -0.25) is 14.5 Å². The predicted octanol–water partition coefficient (Wildman–Crippen LogP) is 2.07. The molecule has 0 aliphatic carbocycles. The molecule has 2 fully saturated rings. The van der Waals surface area contributed by atoms with Gasteiger partial charge >= 0.3 is 0 Å². The Balaban J connectivity index is 1.36. The maximum Gasteiger partial charge on any atom is 0.242 e. The first-order valence-electron chi connectivity index (χ1n) is 8.37. The molecule has 0 spiro atoms. The van der Waals surface area contributed by atoms with E-state index in [1.54, 1.807) is 4.90 Å². The van der Waals surface area contributed by atoms with Crippen LogP contribution in [0.5, 0.6) is 5.88 Å². The van der Waals surface area contributed by atoms with Crippen molar-refractivity contribution in [3.8, 4) is 5.88 Å². The zero-order valence-electron chi connectivity index (χ0n) is 14.0. The van der Waals surface area contributed by atoms with Crippen LogP contribution in [-0.2, 0) is 9.59 Å². The summed E-state index contributed by atoms with van der Waals surface area (Å²) in [6, 6.07) is 11.7. The summed E-state index contributed by atoms with van der Waals surface area (Å²) in [5.41, 5.74) is 0.884. The monoisotopic (exact) mass is 387 g/mol. The lowest BCUT2D eigenvalue weighted by atomic mass is 10.2. The lowest BCUT2D eigenvalue weighted by molar-refractivity contribution is -0.135. The largest absolute Gasteiger partial charge is 0.472 e. The van der Waals surface area contributed by atoms with Crippen molar-refractivity contribution in [3.05, 3.63) is 36.4 Å². The molecule has 1 unspecified atom stereocenters. The second-order valence-electron chi connectivity index (χ2n) is 6.24. The van der Waals surface area contributed by atoms with Crippen LogP contribution in [0.15, 0.2) is 36.4 Å². The number of nitrogens with zero attached hydrogens (tertiary/aromatic N) is 3. The molecule has 1 atom stereocenters. The number of hydrogen-bond donors (Lipinski definition) is 0. The first kappa shape index (κ1) is 17.2. The summed E-state index contributed by atoms with van der Waals surface area (Å²) in [5.74, 6) is 0.697. The van der Waals surface area contributed by atoms with Gasteiger partial charge in [0.1, 0.15) is 17.0 Å². The van der Waals surface area contributed by atoms with Crippen molar-refractivity contribution in [2.75, 3.05) is 25.4 Å². The number of thiocarbonyl (C=S) groups is 1. The van der Waals surface area contributed by atoms with Crippen molar-refractivity contribution in [1.29, 1.82) is 0 Å². The van der Waals surface area contributed by atoms with E-state index in [-0.39, 0.29) is 24.5 Å². The quantitative estimate of drug-likeness (QED) is 0.749. The highest BCUT2D eigenvalue weighted by molar-refractivity contribution is 8.23. The molecule has 2 aliphatic rings. The fourth-order valence-electron chi connectivity index (χ4n) is 3.10. The Bertz CT molecular complexity index is 873. The zero-order chi connectivity index (χ0) is 18.1. The smallest absolute Gasteiger partial charge is 0.242 e. The van der Waals surface area contributed by atoms with Gasteiger partial charge in [-0.2, -0.15) is 0 Å². The maximum atomic E-state index is 12.5. The van der Waals surface area contributed by atoms with Gasteiger partial charge in [0, 0.05) is 24.4 Å². The van der Waals surface area contributed by atoms with Crippen molar-refractivity contribution in [3.63, 3.8) is 0 Å². The van der Waals surface area contributed by atoms with Crippen LogP contribution in [0.4, 0.5) is 0 Å². The SMILES string of the molecule is O=C(CN1C(=O)CSC1=S)N1CCC(Oc2ccc3ccccc3n2)C1. The normalized spacial score (nSPS) is 20.2. The van der Waals surface area contributed by atoms with Crippen molar-refractivity contribution >= 4 is 51.0 Å². The Labute approximate surface area is 160 Å². The fourth-order valence-corrected chi connectivity index (χ4v) is 4.17. The molecular formula is C18H17N3O3S2. The summed E-state index contributed by atoms with van der Waals surface area (Å²) >= 11 is 6.43. The first-order chi connectivity index (χ1) is 12.6. The second kappa shape index (κ2) is 7.20. The van der Waals surface area contributed by atoms with Crippen molar-refractivity contribution in [1.82, 2.24) is 14.8 Å². The summed E-state index contributed by atoms with van der Waals surface area (Å²) in [6.45, 7) is 1.12. The number of pyridine rings is 1. The van der Waals surface area contributed by atoms with E-state index in [9.17, 15) is 9.59 Å². The number of amides is 2. The summed E-state index contributed by atoms with van der Waals surface area (Å²) in [7, 11) is 0. The van der Waals surface area contributed by atoms with E-state index < -0.39 is 0 Å². The third kappa shape index (κ3) is 3.52. The number of hydrogen-bond acceptors (Lipinski definition) is 6. The van der Waals surface area contributed by atoms with Gasteiger partial charge in [0.15, 0.2) is 0 Å². The third-order valence-electron chi connectivity index (χ3n) is 4.49. The van der Waals surface area contributed by atoms with Crippen LogP contribution in [0, 0.1) is 0 Å². The van der Waals surface area contributed by atoms with Crippen molar-refractivity contribution < 1.29 is 14.3 Å². The number of rotatable bonds is 4. The summed E-state index contributed by atoms with van der Waals surface area (Å²) in [6.07, 6.45) is 0.649. The Kier molecular flexibility index (Phi) is 4.78. The Morgan fingerprint density at radius 1 is 1.31 bits per heavy atom. The number of para-hydroxylation sites is 1. The van der Waals surface area contributed by atoms with Gasteiger partial charge in [0.05, 0.1) is 17.8 Å². The molecule has 4 rings (SSSR count). The highest BCUT2D eigenvalue weighted by Crippen LogP contribution is 2.22. The molecule has 0 saturated carbocycles. The molecule has 2 aromatic rings. The highest BCUT2D eigenvalue weighted by atomic mass is 32.2. The molecule has 0 bridgehead atoms. The summed E-state index contributed by atoms with van der Waals surface area (Å²) in [4.78, 5) is 31.8. The van der Waals surface area contributed by atoms with Gasteiger partial charge in [-0.05, 0) is 12.1 Å². The number of aromatic nitrogens is 1. The molecule has 8 heteroatoms. The van der Waals surface area contributed by atoms with E-state index in [0.717, 1.165) is 17.3 Å². The van der Waals surface area contributed by atoms with Gasteiger partial charge in [0.25, 0.3) is 0 Å². The number of benzene rings is 1. The Hall–Kier alpha value is -2.19. The number of ether oxygens (including phenoxy) is 1. The Morgan fingerprint density at radius 2 is 2.15 bits per heavy atom. The van der Waals surface area contributed by atoms with Crippen molar-refractivity contribution in [2.45, 2.75) is 12.5 Å². The van der Waals surface area contributed by atoms with Gasteiger partial charge in [-0.15, -0.1) is 0 Å². The maximum absolute atomic E-state index is 12.5. The lowest BCUT2D eigenvalue weighted by Gasteiger charge is -2.20. The summed E-state index contributed by atoms with van der Waals surface area (Å²) < 4.78 is 6.44. The number of likely N-dealkylation sites (tertiary alicyclic amines) is 1. The van der Waals surface area contributed by atoms with Crippen molar-refractivity contribution in [2.24, 2.45) is 0 Å². The van der Waals surface area contributed by atoms with Gasteiger partial charge < -0.3 is 9.64 Å². The van der Waals surface area contributed by atoms with Crippen LogP contribution in [0.2, 0.25) is 0 Å². The molecule has 2 aliphatic heterocycles. The van der Waals surface area contributed by atoms with Gasteiger partial charge in [-0.1, -0.05) is 42.2 Å². The topological polar surface area (TPSA) is 62.7 Å². The molecule has 1 aromatic carbocycles. The van der Waals surface area contributed by atoms with E-state index in [1.807, 2.05) is 36.4 Å². The van der Waals surface area contributed by atoms with Crippen LogP contribution in [0.3, 0.4) is 0 Å². The van der Waals surface area contributed by atoms with Crippen LogP contribution in [0.25, 0.3) is 10.9 Å². The lowest BCUT2D eigenvalue weighted by Crippen LogP contribution is -2.41. The number of carbonyl (C=O) groups excluding carboxylic acids is 2. The molecule has 134 valence electrons. The van der Waals surface area contributed by atoms with Gasteiger partial charge in [0.2, 0.25) is 17.7 Å². The predicted molar refractivity (Wildman–Crippen MR) is 104 cm³/mol. The van der Waals surface area contributed by atoms with E-state index in [1.165, 1.54) is 16.7 Å². The fraction of sp³-hybridized carbons (Fsp3) is 0.333. The first-order valence-corrected chi connectivity index (χ1v) is 9.77. The minimum absolute atomic E-state index is 0.0195. The van der Waals surface area contributed by atoms with E-state index in [4.69, 9.17) is 17.0 Å². The molecule has 0 N–H and O–H groups in total. The van der Waals surface area contributed by atoms with Crippen LogP contribution >= 0.6 is 24.0 Å². The Morgan fingerprint density at radius 3 is 2.96 bits per heavy atom. The van der Waals surface area contributed by atoms with E-state index in [0.29, 0.717) is 29.0 Å². The number of fused-ring (bicyclic) bond motifs is 1. The molecule has 3 heterocycles. The highest BCUT2D eigenvalue weighted by Gasteiger charge is 2.33. The van der Waals surface area contributed by atoms with Crippen LogP contribution in [0.1, 0.15) is 6.42 Å². The second-order valence-corrected chi connectivity index (χ2v) is 7.85. The zero-order valence-corrected chi connectivity index (χ0v) is 15.6. The van der Waals surface area contributed by atoms with Crippen LogP contribution in [-0.4, -0.2) is 62.4 Å². The molecule has 6 nitrogen and oxygen atoms in total. The molecule has 2 amide bonds. The molecule has 2 saturated heterocycles. The number of thioether (sulfide) groups is 1. The molecule has 0 radical (unpaired) electrons. The van der Waals surface area contributed by atoms with E-state index in [2.05, 4.69) is 4.98 Å². The standard InChI is InChI=1S/C18H17N3O3S2/c22-16(10-21-17(23)11-26-18(21)25)20-8-7-13(9-20)24-15-6-5-12-3-1-2-4-14(12)19-15/h1-6,13H,7-11H2. The van der Waals surface area contributed by atoms with Crippen LogP contribution < -0.4 is 4.74 Å². The third-order valence-corrected chi connectivity index (χ3v) is 5.92. The minimum Gasteiger partial charge on any atom is -0.472 e. The molecular weight excluding hydrogens is 370 g/mol. The molecule has 26 heavy (non-hydrogen) atoms. The molecule has 1 aromatic heterocycles. The average molecular weight is 387 g/mol. The number of carbonyl (C=O) groups is 2. The van der Waals surface area contributed by atoms with E-state index >= 15 is 0 Å².